The van der Waals surface area contributed by atoms with Crippen LogP contribution in [0.5, 0.6) is 0 Å². The second kappa shape index (κ2) is 6.07. The number of carbonyl (C=O) groups excluding carboxylic acids is 1. The second-order valence-electron chi connectivity index (χ2n) is 6.74. The number of likely N-dealkylation sites (tertiary alicyclic amines) is 1. The standard InChI is InChI=1S/C16H25N3OS/c1-16(2)14-9-17-8-12(14)10-19(16)11-15(20)18-6-5-13-4-3-7-21-13/h3-4,7,12,14,17H,5-6,8-11H2,1-2H3,(H,18,20). The van der Waals surface area contributed by atoms with Gasteiger partial charge in [-0.3, -0.25) is 9.69 Å². The van der Waals surface area contributed by atoms with Crippen LogP contribution in [0.15, 0.2) is 17.5 Å². The van der Waals surface area contributed by atoms with Crippen molar-refractivity contribution in [2.24, 2.45) is 11.8 Å². The summed E-state index contributed by atoms with van der Waals surface area (Å²) in [5.41, 5.74) is 0.124. The third-order valence-electron chi connectivity index (χ3n) is 5.13. The smallest absolute Gasteiger partial charge is 0.234 e. The van der Waals surface area contributed by atoms with E-state index in [1.54, 1.807) is 11.3 Å². The molecule has 2 aliphatic rings. The summed E-state index contributed by atoms with van der Waals surface area (Å²) in [4.78, 5) is 15.9. The fourth-order valence-corrected chi connectivity index (χ4v) is 4.49. The van der Waals surface area contributed by atoms with Crippen molar-refractivity contribution in [3.05, 3.63) is 22.4 Å². The first-order valence-corrected chi connectivity index (χ1v) is 8.70. The summed E-state index contributed by atoms with van der Waals surface area (Å²) in [6.45, 7) is 9.07. The third-order valence-corrected chi connectivity index (χ3v) is 6.06. The van der Waals surface area contributed by atoms with Gasteiger partial charge in [0.25, 0.3) is 0 Å². The molecule has 116 valence electrons. The highest BCUT2D eigenvalue weighted by Crippen LogP contribution is 2.40. The van der Waals surface area contributed by atoms with Crippen LogP contribution in [0.1, 0.15) is 18.7 Å². The van der Waals surface area contributed by atoms with E-state index in [1.807, 2.05) is 0 Å². The van der Waals surface area contributed by atoms with Crippen LogP contribution in [0.2, 0.25) is 0 Å². The summed E-state index contributed by atoms with van der Waals surface area (Å²) in [6.07, 6.45) is 0.933. The van der Waals surface area contributed by atoms with Crippen LogP contribution in [-0.4, -0.2) is 49.1 Å². The number of nitrogens with zero attached hydrogens (tertiary/aromatic N) is 1. The van der Waals surface area contributed by atoms with Crippen LogP contribution in [0.4, 0.5) is 0 Å². The van der Waals surface area contributed by atoms with Crippen LogP contribution < -0.4 is 10.6 Å². The Balaban J connectivity index is 1.46. The third kappa shape index (κ3) is 3.15. The number of carbonyl (C=O) groups is 1. The van der Waals surface area contributed by atoms with Gasteiger partial charge in [-0.1, -0.05) is 6.07 Å². The molecule has 0 saturated carbocycles. The lowest BCUT2D eigenvalue weighted by Crippen LogP contribution is -2.48. The van der Waals surface area contributed by atoms with Crippen LogP contribution in [0.25, 0.3) is 0 Å². The van der Waals surface area contributed by atoms with Gasteiger partial charge < -0.3 is 10.6 Å². The largest absolute Gasteiger partial charge is 0.355 e. The monoisotopic (exact) mass is 307 g/mol. The lowest BCUT2D eigenvalue weighted by atomic mass is 9.85. The molecule has 2 unspecified atom stereocenters. The van der Waals surface area contributed by atoms with Crippen molar-refractivity contribution in [3.63, 3.8) is 0 Å². The van der Waals surface area contributed by atoms with E-state index in [2.05, 4.69) is 46.9 Å². The molecule has 2 saturated heterocycles. The molecular formula is C16H25N3OS. The van der Waals surface area contributed by atoms with Gasteiger partial charge in [0.2, 0.25) is 5.91 Å². The van der Waals surface area contributed by atoms with Crippen molar-refractivity contribution in [1.29, 1.82) is 0 Å². The number of amides is 1. The van der Waals surface area contributed by atoms with E-state index >= 15 is 0 Å². The summed E-state index contributed by atoms with van der Waals surface area (Å²) >= 11 is 1.75. The second-order valence-corrected chi connectivity index (χ2v) is 7.77. The maximum Gasteiger partial charge on any atom is 0.234 e. The van der Waals surface area contributed by atoms with Gasteiger partial charge in [0.05, 0.1) is 6.54 Å². The minimum absolute atomic E-state index is 0.124. The SMILES string of the molecule is CC1(C)C2CNCC2CN1CC(=O)NCCc1cccs1. The molecular weight excluding hydrogens is 282 g/mol. The van der Waals surface area contributed by atoms with Crippen LogP contribution in [0, 0.1) is 11.8 Å². The first kappa shape index (κ1) is 15.0. The Kier molecular flexibility index (Phi) is 4.33. The molecule has 4 nitrogen and oxygen atoms in total. The predicted octanol–water partition coefficient (Wildman–Crippen LogP) is 1.34. The van der Waals surface area contributed by atoms with Crippen LogP contribution in [0.3, 0.4) is 0 Å². The Morgan fingerprint density at radius 2 is 2.38 bits per heavy atom. The molecule has 0 spiro atoms. The topological polar surface area (TPSA) is 44.4 Å². The first-order chi connectivity index (χ1) is 10.1. The molecule has 1 aromatic heterocycles. The molecule has 0 bridgehead atoms. The van der Waals surface area contributed by atoms with Crippen molar-refractivity contribution in [3.8, 4) is 0 Å². The molecule has 3 rings (SSSR count). The van der Waals surface area contributed by atoms with Crippen molar-refractivity contribution in [1.82, 2.24) is 15.5 Å². The molecule has 1 aromatic rings. The van der Waals surface area contributed by atoms with Gasteiger partial charge in [0.15, 0.2) is 0 Å². The molecule has 0 radical (unpaired) electrons. The number of hydrogen-bond donors (Lipinski definition) is 2. The molecule has 2 fully saturated rings. The molecule has 2 aliphatic heterocycles. The van der Waals surface area contributed by atoms with Gasteiger partial charge >= 0.3 is 0 Å². The quantitative estimate of drug-likeness (QED) is 0.863. The van der Waals surface area contributed by atoms with Gasteiger partial charge in [-0.2, -0.15) is 0 Å². The number of fused-ring (bicyclic) bond motifs is 1. The fraction of sp³-hybridized carbons (Fsp3) is 0.688. The summed E-state index contributed by atoms with van der Waals surface area (Å²) < 4.78 is 0. The van der Waals surface area contributed by atoms with Gasteiger partial charge in [-0.15, -0.1) is 11.3 Å². The van der Waals surface area contributed by atoms with E-state index in [-0.39, 0.29) is 11.4 Å². The van der Waals surface area contributed by atoms with Crippen molar-refractivity contribution < 1.29 is 4.79 Å². The number of hydrogen-bond acceptors (Lipinski definition) is 4. The van der Waals surface area contributed by atoms with E-state index < -0.39 is 0 Å². The van der Waals surface area contributed by atoms with Crippen molar-refractivity contribution in [2.45, 2.75) is 25.8 Å². The zero-order valence-electron chi connectivity index (χ0n) is 12.9. The molecule has 21 heavy (non-hydrogen) atoms. The van der Waals surface area contributed by atoms with Gasteiger partial charge in [0, 0.05) is 30.1 Å². The maximum absolute atomic E-state index is 12.2. The van der Waals surface area contributed by atoms with E-state index in [9.17, 15) is 4.79 Å². The molecule has 0 aromatic carbocycles. The normalized spacial score (nSPS) is 27.7. The van der Waals surface area contributed by atoms with Crippen molar-refractivity contribution >= 4 is 17.2 Å². The Hall–Kier alpha value is -0.910. The zero-order valence-corrected chi connectivity index (χ0v) is 13.7. The number of nitrogens with one attached hydrogen (secondary N) is 2. The van der Waals surface area contributed by atoms with E-state index in [1.165, 1.54) is 4.88 Å². The van der Waals surface area contributed by atoms with Gasteiger partial charge in [-0.05, 0) is 50.1 Å². The highest BCUT2D eigenvalue weighted by molar-refractivity contribution is 7.09. The Morgan fingerprint density at radius 3 is 3.10 bits per heavy atom. The van der Waals surface area contributed by atoms with Gasteiger partial charge in [0.1, 0.15) is 0 Å². The highest BCUT2D eigenvalue weighted by Gasteiger charge is 2.49. The summed E-state index contributed by atoms with van der Waals surface area (Å²) in [6, 6.07) is 4.18. The maximum atomic E-state index is 12.2. The zero-order chi connectivity index (χ0) is 14.9. The van der Waals surface area contributed by atoms with Crippen LogP contribution in [-0.2, 0) is 11.2 Å². The van der Waals surface area contributed by atoms with Crippen molar-refractivity contribution in [2.75, 3.05) is 32.7 Å². The lowest BCUT2D eigenvalue weighted by Gasteiger charge is -2.35. The molecule has 2 atom stereocenters. The van der Waals surface area contributed by atoms with E-state index in [0.717, 1.165) is 32.6 Å². The van der Waals surface area contributed by atoms with Gasteiger partial charge in [-0.25, -0.2) is 0 Å². The molecule has 5 heteroatoms. The van der Waals surface area contributed by atoms with Crippen LogP contribution >= 0.6 is 11.3 Å². The Bertz CT molecular complexity index is 486. The minimum Gasteiger partial charge on any atom is -0.355 e. The molecule has 2 N–H and O–H groups in total. The predicted molar refractivity (Wildman–Crippen MR) is 86.5 cm³/mol. The van der Waals surface area contributed by atoms with E-state index in [4.69, 9.17) is 0 Å². The number of rotatable bonds is 5. The summed E-state index contributed by atoms with van der Waals surface area (Å²) in [5.74, 6) is 1.54. The summed E-state index contributed by atoms with van der Waals surface area (Å²) in [5, 5.41) is 8.62. The summed E-state index contributed by atoms with van der Waals surface area (Å²) in [7, 11) is 0. The molecule has 1 amide bonds. The average Bonchev–Trinajstić information content (AvgIpc) is 3.11. The minimum atomic E-state index is 0.124. The Morgan fingerprint density at radius 1 is 1.52 bits per heavy atom. The number of thiophene rings is 1. The fourth-order valence-electron chi connectivity index (χ4n) is 3.78. The lowest BCUT2D eigenvalue weighted by molar-refractivity contribution is -0.123. The highest BCUT2D eigenvalue weighted by atomic mass is 32.1. The first-order valence-electron chi connectivity index (χ1n) is 7.82. The average molecular weight is 307 g/mol. The Labute approximate surface area is 130 Å². The molecule has 0 aliphatic carbocycles. The van der Waals surface area contributed by atoms with E-state index in [0.29, 0.717) is 18.4 Å². The molecule has 3 heterocycles.